The Labute approximate surface area is 178 Å². The van der Waals surface area contributed by atoms with E-state index in [0.29, 0.717) is 19.5 Å². The fourth-order valence-corrected chi connectivity index (χ4v) is 3.54. The first-order chi connectivity index (χ1) is 14.3. The maximum absolute atomic E-state index is 13.3. The van der Waals surface area contributed by atoms with Crippen molar-refractivity contribution in [3.63, 3.8) is 0 Å². The van der Waals surface area contributed by atoms with Crippen LogP contribution >= 0.6 is 0 Å². The number of benzene rings is 2. The van der Waals surface area contributed by atoms with E-state index in [1.54, 1.807) is 0 Å². The highest BCUT2D eigenvalue weighted by Crippen LogP contribution is 2.17. The van der Waals surface area contributed by atoms with Gasteiger partial charge in [-0.2, -0.15) is 0 Å². The monoisotopic (exact) mass is 409 g/mol. The summed E-state index contributed by atoms with van der Waals surface area (Å²) in [5.74, 6) is -0.0718. The molecule has 1 aliphatic heterocycles. The van der Waals surface area contributed by atoms with Crippen molar-refractivity contribution in [2.24, 2.45) is 0 Å². The van der Waals surface area contributed by atoms with Crippen molar-refractivity contribution in [3.8, 4) is 0 Å². The SMILES string of the molecule is CC(C)(C)OC(=O)NC(Cc1ccccc1)C(=O)N1CCN(c2ccccc2)CC1. The first-order valence-electron chi connectivity index (χ1n) is 10.4. The van der Waals surface area contributed by atoms with E-state index < -0.39 is 17.7 Å². The van der Waals surface area contributed by atoms with E-state index in [0.717, 1.165) is 24.3 Å². The molecule has 0 aromatic heterocycles. The maximum Gasteiger partial charge on any atom is 0.408 e. The molecular formula is C24H31N3O3. The zero-order chi connectivity index (χ0) is 21.6. The van der Waals surface area contributed by atoms with Gasteiger partial charge in [-0.25, -0.2) is 4.79 Å². The van der Waals surface area contributed by atoms with E-state index in [1.165, 1.54) is 0 Å². The van der Waals surface area contributed by atoms with Crippen LogP contribution in [-0.2, 0) is 16.0 Å². The number of hydrogen-bond donors (Lipinski definition) is 1. The molecule has 1 fully saturated rings. The Morgan fingerprint density at radius 3 is 2.07 bits per heavy atom. The van der Waals surface area contributed by atoms with Crippen LogP contribution in [-0.4, -0.2) is 54.7 Å². The molecule has 6 nitrogen and oxygen atoms in total. The summed E-state index contributed by atoms with van der Waals surface area (Å²) in [5, 5.41) is 2.80. The number of hydrogen-bond acceptors (Lipinski definition) is 4. The minimum absolute atomic E-state index is 0.0718. The van der Waals surface area contributed by atoms with E-state index >= 15 is 0 Å². The molecule has 0 spiro atoms. The maximum atomic E-state index is 13.3. The summed E-state index contributed by atoms with van der Waals surface area (Å²) in [7, 11) is 0. The second-order valence-electron chi connectivity index (χ2n) is 8.54. The lowest BCUT2D eigenvalue weighted by atomic mass is 10.0. The van der Waals surface area contributed by atoms with E-state index in [4.69, 9.17) is 4.74 Å². The molecular weight excluding hydrogens is 378 g/mol. The van der Waals surface area contributed by atoms with Gasteiger partial charge in [-0.05, 0) is 38.5 Å². The Morgan fingerprint density at radius 2 is 1.50 bits per heavy atom. The van der Waals surface area contributed by atoms with Crippen LogP contribution in [0, 0.1) is 0 Å². The van der Waals surface area contributed by atoms with Gasteiger partial charge in [-0.15, -0.1) is 0 Å². The molecule has 3 rings (SSSR count). The number of nitrogens with zero attached hydrogens (tertiary/aromatic N) is 2. The molecule has 30 heavy (non-hydrogen) atoms. The second kappa shape index (κ2) is 9.65. The van der Waals surface area contributed by atoms with Crippen molar-refractivity contribution in [3.05, 3.63) is 66.2 Å². The minimum atomic E-state index is -0.662. The van der Waals surface area contributed by atoms with Crippen LogP contribution in [0.1, 0.15) is 26.3 Å². The molecule has 1 atom stereocenters. The summed E-state index contributed by atoms with van der Waals surface area (Å²) in [4.78, 5) is 29.8. The predicted molar refractivity (Wildman–Crippen MR) is 119 cm³/mol. The third kappa shape index (κ3) is 6.24. The Kier molecular flexibility index (Phi) is 6.98. The standard InChI is InChI=1S/C24H31N3O3/c1-24(2,3)30-23(29)25-21(18-19-10-6-4-7-11-19)22(28)27-16-14-26(15-17-27)20-12-8-5-9-13-20/h4-13,21H,14-18H2,1-3H3,(H,25,29). The quantitative estimate of drug-likeness (QED) is 0.821. The number of carbonyl (C=O) groups is 2. The van der Waals surface area contributed by atoms with Gasteiger partial charge in [-0.3, -0.25) is 4.79 Å². The number of anilines is 1. The first-order valence-corrected chi connectivity index (χ1v) is 10.4. The number of rotatable bonds is 5. The largest absolute Gasteiger partial charge is 0.444 e. The summed E-state index contributed by atoms with van der Waals surface area (Å²) in [5.41, 5.74) is 1.54. The predicted octanol–water partition coefficient (Wildman–Crippen LogP) is 3.47. The van der Waals surface area contributed by atoms with Gasteiger partial charge in [0, 0.05) is 38.3 Å². The lowest BCUT2D eigenvalue weighted by Gasteiger charge is -2.37. The van der Waals surface area contributed by atoms with Crippen LogP contribution in [0.5, 0.6) is 0 Å². The zero-order valence-electron chi connectivity index (χ0n) is 18.0. The Balaban J connectivity index is 1.66. The molecule has 1 saturated heterocycles. The van der Waals surface area contributed by atoms with Gasteiger partial charge < -0.3 is 19.9 Å². The van der Waals surface area contributed by atoms with E-state index in [1.807, 2.05) is 74.2 Å². The van der Waals surface area contributed by atoms with Gasteiger partial charge in [0.1, 0.15) is 11.6 Å². The molecule has 0 aliphatic carbocycles. The third-order valence-electron chi connectivity index (χ3n) is 4.98. The highest BCUT2D eigenvalue weighted by atomic mass is 16.6. The van der Waals surface area contributed by atoms with Crippen LogP contribution in [0.3, 0.4) is 0 Å². The van der Waals surface area contributed by atoms with Gasteiger partial charge in [0.25, 0.3) is 0 Å². The number of carbonyl (C=O) groups excluding carboxylic acids is 2. The number of alkyl carbamates (subject to hydrolysis) is 1. The van der Waals surface area contributed by atoms with Crippen molar-refractivity contribution in [1.82, 2.24) is 10.2 Å². The molecule has 2 aromatic rings. The molecule has 0 radical (unpaired) electrons. The van der Waals surface area contributed by atoms with Crippen LogP contribution in [0.25, 0.3) is 0 Å². The van der Waals surface area contributed by atoms with Crippen molar-refractivity contribution in [2.45, 2.75) is 38.8 Å². The van der Waals surface area contributed by atoms with Gasteiger partial charge in [-0.1, -0.05) is 48.5 Å². The normalized spacial score (nSPS) is 15.4. The third-order valence-corrected chi connectivity index (χ3v) is 4.98. The summed E-state index contributed by atoms with van der Waals surface area (Å²) in [6.07, 6.45) is -0.141. The van der Waals surface area contributed by atoms with Crippen molar-refractivity contribution < 1.29 is 14.3 Å². The summed E-state index contributed by atoms with van der Waals surface area (Å²) >= 11 is 0. The van der Waals surface area contributed by atoms with Gasteiger partial charge >= 0.3 is 6.09 Å². The molecule has 1 aliphatic rings. The molecule has 2 amide bonds. The summed E-state index contributed by atoms with van der Waals surface area (Å²) in [6.45, 7) is 8.20. The number of ether oxygens (including phenoxy) is 1. The lowest BCUT2D eigenvalue weighted by molar-refractivity contribution is -0.133. The smallest absolute Gasteiger partial charge is 0.408 e. The van der Waals surface area contributed by atoms with E-state index in [9.17, 15) is 9.59 Å². The Morgan fingerprint density at radius 1 is 0.933 bits per heavy atom. The first kappa shape index (κ1) is 21.7. The minimum Gasteiger partial charge on any atom is -0.444 e. The molecule has 1 unspecified atom stereocenters. The van der Waals surface area contributed by atoms with Gasteiger partial charge in [0.15, 0.2) is 0 Å². The van der Waals surface area contributed by atoms with Crippen molar-refractivity contribution >= 4 is 17.7 Å². The lowest BCUT2D eigenvalue weighted by Crippen LogP contribution is -2.56. The average molecular weight is 410 g/mol. The number of nitrogens with one attached hydrogen (secondary N) is 1. The zero-order valence-corrected chi connectivity index (χ0v) is 18.0. The van der Waals surface area contributed by atoms with Crippen LogP contribution in [0.2, 0.25) is 0 Å². The number of amides is 2. The van der Waals surface area contributed by atoms with Crippen LogP contribution in [0.4, 0.5) is 10.5 Å². The average Bonchev–Trinajstić information content (AvgIpc) is 2.73. The highest BCUT2D eigenvalue weighted by molar-refractivity contribution is 5.86. The topological polar surface area (TPSA) is 61.9 Å². The van der Waals surface area contributed by atoms with Crippen LogP contribution < -0.4 is 10.2 Å². The molecule has 1 N–H and O–H groups in total. The van der Waals surface area contributed by atoms with E-state index in [2.05, 4.69) is 22.3 Å². The molecule has 0 saturated carbocycles. The number of piperazine rings is 1. The van der Waals surface area contributed by atoms with Crippen LogP contribution in [0.15, 0.2) is 60.7 Å². The molecule has 160 valence electrons. The highest BCUT2D eigenvalue weighted by Gasteiger charge is 2.30. The molecule has 2 aromatic carbocycles. The molecule has 1 heterocycles. The summed E-state index contributed by atoms with van der Waals surface area (Å²) < 4.78 is 5.39. The molecule has 0 bridgehead atoms. The van der Waals surface area contributed by atoms with Crippen molar-refractivity contribution in [2.75, 3.05) is 31.1 Å². The Bertz CT molecular complexity index is 826. The number of para-hydroxylation sites is 1. The summed E-state index contributed by atoms with van der Waals surface area (Å²) in [6, 6.07) is 19.3. The fourth-order valence-electron chi connectivity index (χ4n) is 3.54. The van der Waals surface area contributed by atoms with Gasteiger partial charge in [0.2, 0.25) is 5.91 Å². The fraction of sp³-hybridized carbons (Fsp3) is 0.417. The van der Waals surface area contributed by atoms with Gasteiger partial charge in [0.05, 0.1) is 0 Å². The Hall–Kier alpha value is -3.02. The molecule has 6 heteroatoms. The van der Waals surface area contributed by atoms with Crippen molar-refractivity contribution in [1.29, 1.82) is 0 Å². The second-order valence-corrected chi connectivity index (χ2v) is 8.54. The van der Waals surface area contributed by atoms with E-state index in [-0.39, 0.29) is 5.91 Å².